The standard InChI is InChI=1S/C15H22N2O2/c1-12(2)17(10-11-19-3)15(18)9-6-13-4-7-14(16)8-5-13/h4-9,12H,10-11,16H2,1-3H3/b9-6+. The minimum absolute atomic E-state index is 0.0103. The molecule has 1 aromatic carbocycles. The zero-order valence-electron chi connectivity index (χ0n) is 11.8. The third-order valence-corrected chi connectivity index (χ3v) is 2.80. The molecule has 2 N–H and O–H groups in total. The Morgan fingerprint density at radius 1 is 1.37 bits per heavy atom. The second-order valence-electron chi connectivity index (χ2n) is 4.62. The van der Waals surface area contributed by atoms with Gasteiger partial charge < -0.3 is 15.4 Å². The number of rotatable bonds is 6. The van der Waals surface area contributed by atoms with E-state index in [-0.39, 0.29) is 11.9 Å². The van der Waals surface area contributed by atoms with Gasteiger partial charge in [0.2, 0.25) is 5.91 Å². The van der Waals surface area contributed by atoms with Crippen LogP contribution in [-0.2, 0) is 9.53 Å². The Balaban J connectivity index is 2.67. The fourth-order valence-electron chi connectivity index (χ4n) is 1.68. The number of nitrogens with two attached hydrogens (primary N) is 1. The average Bonchev–Trinajstić information content (AvgIpc) is 2.38. The molecule has 0 aliphatic carbocycles. The molecule has 1 amide bonds. The number of nitrogens with zero attached hydrogens (tertiary/aromatic N) is 1. The van der Waals surface area contributed by atoms with E-state index in [0.29, 0.717) is 18.8 Å². The molecule has 0 heterocycles. The molecule has 0 aliphatic heterocycles. The SMILES string of the molecule is COCCN(C(=O)/C=C/c1ccc(N)cc1)C(C)C. The van der Waals surface area contributed by atoms with E-state index in [1.165, 1.54) is 0 Å². The lowest BCUT2D eigenvalue weighted by molar-refractivity contribution is -0.128. The average molecular weight is 262 g/mol. The molecule has 0 aromatic heterocycles. The lowest BCUT2D eigenvalue weighted by Crippen LogP contribution is -2.38. The van der Waals surface area contributed by atoms with Crippen LogP contribution in [0.25, 0.3) is 6.08 Å². The Morgan fingerprint density at radius 2 is 2.00 bits per heavy atom. The van der Waals surface area contributed by atoms with Gasteiger partial charge in [0.15, 0.2) is 0 Å². The summed E-state index contributed by atoms with van der Waals surface area (Å²) < 4.78 is 5.02. The molecule has 4 nitrogen and oxygen atoms in total. The summed E-state index contributed by atoms with van der Waals surface area (Å²) in [5.41, 5.74) is 7.28. The molecule has 0 saturated carbocycles. The number of carbonyl (C=O) groups excluding carboxylic acids is 1. The highest BCUT2D eigenvalue weighted by atomic mass is 16.5. The van der Waals surface area contributed by atoms with E-state index < -0.39 is 0 Å². The number of benzene rings is 1. The molecule has 0 bridgehead atoms. The molecule has 0 saturated heterocycles. The number of ether oxygens (including phenoxy) is 1. The molecule has 1 aromatic rings. The Hall–Kier alpha value is -1.81. The van der Waals surface area contributed by atoms with Crippen LogP contribution in [0.5, 0.6) is 0 Å². The third-order valence-electron chi connectivity index (χ3n) is 2.80. The monoisotopic (exact) mass is 262 g/mol. The number of anilines is 1. The van der Waals surface area contributed by atoms with Crippen LogP contribution < -0.4 is 5.73 Å². The van der Waals surface area contributed by atoms with Gasteiger partial charge in [-0.2, -0.15) is 0 Å². The molecule has 4 heteroatoms. The molecule has 104 valence electrons. The van der Waals surface area contributed by atoms with Crippen molar-refractivity contribution in [1.29, 1.82) is 0 Å². The smallest absolute Gasteiger partial charge is 0.246 e. The van der Waals surface area contributed by atoms with E-state index in [4.69, 9.17) is 10.5 Å². The van der Waals surface area contributed by atoms with Crippen molar-refractivity contribution in [3.05, 3.63) is 35.9 Å². The fraction of sp³-hybridized carbons (Fsp3) is 0.400. The van der Waals surface area contributed by atoms with Gasteiger partial charge in [0.25, 0.3) is 0 Å². The first kappa shape index (κ1) is 15.2. The van der Waals surface area contributed by atoms with Gasteiger partial charge in [0.1, 0.15) is 0 Å². The number of amides is 1. The van der Waals surface area contributed by atoms with Crippen molar-refractivity contribution in [2.24, 2.45) is 0 Å². The van der Waals surface area contributed by atoms with Gasteiger partial charge in [-0.05, 0) is 37.6 Å². The van der Waals surface area contributed by atoms with Gasteiger partial charge in [0, 0.05) is 31.5 Å². The summed E-state index contributed by atoms with van der Waals surface area (Å²) in [6.07, 6.45) is 3.38. The Labute approximate surface area is 114 Å². The Bertz CT molecular complexity index is 424. The number of methoxy groups -OCH3 is 1. The van der Waals surface area contributed by atoms with Crippen molar-refractivity contribution < 1.29 is 9.53 Å². The van der Waals surface area contributed by atoms with Crippen molar-refractivity contribution in [1.82, 2.24) is 4.90 Å². The van der Waals surface area contributed by atoms with E-state index >= 15 is 0 Å². The van der Waals surface area contributed by atoms with Crippen molar-refractivity contribution >= 4 is 17.7 Å². The quantitative estimate of drug-likeness (QED) is 0.631. The van der Waals surface area contributed by atoms with Gasteiger partial charge in [-0.15, -0.1) is 0 Å². The van der Waals surface area contributed by atoms with E-state index in [1.54, 1.807) is 24.2 Å². The first-order valence-corrected chi connectivity index (χ1v) is 6.37. The lowest BCUT2D eigenvalue weighted by Gasteiger charge is -2.25. The summed E-state index contributed by atoms with van der Waals surface area (Å²) >= 11 is 0. The molecule has 0 atom stereocenters. The van der Waals surface area contributed by atoms with Crippen LogP contribution in [0.1, 0.15) is 19.4 Å². The molecule has 1 rings (SSSR count). The predicted molar refractivity (Wildman–Crippen MR) is 78.6 cm³/mol. The first-order valence-electron chi connectivity index (χ1n) is 6.37. The van der Waals surface area contributed by atoms with Gasteiger partial charge in [-0.1, -0.05) is 12.1 Å². The molecule has 0 fully saturated rings. The van der Waals surface area contributed by atoms with Gasteiger partial charge in [-0.3, -0.25) is 4.79 Å². The second-order valence-corrected chi connectivity index (χ2v) is 4.62. The molecule has 19 heavy (non-hydrogen) atoms. The van der Waals surface area contributed by atoms with E-state index in [2.05, 4.69) is 0 Å². The molecule has 0 unspecified atom stereocenters. The molecular formula is C15H22N2O2. The van der Waals surface area contributed by atoms with Crippen LogP contribution in [0.15, 0.2) is 30.3 Å². The van der Waals surface area contributed by atoms with E-state index in [0.717, 1.165) is 5.56 Å². The maximum absolute atomic E-state index is 12.1. The van der Waals surface area contributed by atoms with Crippen LogP contribution in [0.3, 0.4) is 0 Å². The van der Waals surface area contributed by atoms with Gasteiger partial charge in [-0.25, -0.2) is 0 Å². The van der Waals surface area contributed by atoms with Crippen LogP contribution in [0.2, 0.25) is 0 Å². The molecule has 0 aliphatic rings. The maximum atomic E-state index is 12.1. The highest BCUT2D eigenvalue weighted by Gasteiger charge is 2.13. The molecule has 0 spiro atoms. The predicted octanol–water partition coefficient (Wildman–Crippen LogP) is 2.17. The molecule has 0 radical (unpaired) electrons. The number of hydrogen-bond acceptors (Lipinski definition) is 3. The largest absolute Gasteiger partial charge is 0.399 e. The van der Waals surface area contributed by atoms with Gasteiger partial charge >= 0.3 is 0 Å². The summed E-state index contributed by atoms with van der Waals surface area (Å²) in [5.74, 6) is -0.0103. The minimum Gasteiger partial charge on any atom is -0.399 e. The summed E-state index contributed by atoms with van der Waals surface area (Å²) in [6.45, 7) is 5.12. The van der Waals surface area contributed by atoms with Crippen molar-refractivity contribution in [3.8, 4) is 0 Å². The normalized spacial score (nSPS) is 11.2. The van der Waals surface area contributed by atoms with E-state index in [9.17, 15) is 4.79 Å². The maximum Gasteiger partial charge on any atom is 0.246 e. The number of nitrogen functional groups attached to an aromatic ring is 1. The van der Waals surface area contributed by atoms with Crippen LogP contribution >= 0.6 is 0 Å². The summed E-state index contributed by atoms with van der Waals surface area (Å²) in [5, 5.41) is 0. The highest BCUT2D eigenvalue weighted by Crippen LogP contribution is 2.08. The lowest BCUT2D eigenvalue weighted by atomic mass is 10.2. The third kappa shape index (κ3) is 5.14. The number of carbonyl (C=O) groups is 1. The number of hydrogen-bond donors (Lipinski definition) is 1. The van der Waals surface area contributed by atoms with Gasteiger partial charge in [0.05, 0.1) is 6.61 Å². The van der Waals surface area contributed by atoms with Crippen molar-refractivity contribution in [2.75, 3.05) is 26.0 Å². The second kappa shape index (κ2) is 7.59. The fourth-order valence-corrected chi connectivity index (χ4v) is 1.68. The first-order chi connectivity index (χ1) is 9.04. The van der Waals surface area contributed by atoms with Crippen LogP contribution in [0.4, 0.5) is 5.69 Å². The summed E-state index contributed by atoms with van der Waals surface area (Å²) in [4.78, 5) is 13.9. The van der Waals surface area contributed by atoms with Crippen molar-refractivity contribution in [2.45, 2.75) is 19.9 Å². The minimum atomic E-state index is -0.0103. The van der Waals surface area contributed by atoms with Crippen LogP contribution in [0, 0.1) is 0 Å². The zero-order valence-corrected chi connectivity index (χ0v) is 11.8. The molecular weight excluding hydrogens is 240 g/mol. The Morgan fingerprint density at radius 3 is 2.53 bits per heavy atom. The van der Waals surface area contributed by atoms with Crippen molar-refractivity contribution in [3.63, 3.8) is 0 Å². The summed E-state index contributed by atoms with van der Waals surface area (Å²) in [7, 11) is 1.63. The zero-order chi connectivity index (χ0) is 14.3. The topological polar surface area (TPSA) is 55.6 Å². The Kier molecular flexibility index (Phi) is 6.09. The van der Waals surface area contributed by atoms with Crippen LogP contribution in [-0.4, -0.2) is 37.1 Å². The van der Waals surface area contributed by atoms with E-state index in [1.807, 2.05) is 38.1 Å². The summed E-state index contributed by atoms with van der Waals surface area (Å²) in [6, 6.07) is 7.55. The highest BCUT2D eigenvalue weighted by molar-refractivity contribution is 5.92.